The van der Waals surface area contributed by atoms with E-state index in [1.165, 1.54) is 6.92 Å². The third-order valence-corrected chi connectivity index (χ3v) is 8.06. The van der Waals surface area contributed by atoms with Gasteiger partial charge in [-0.25, -0.2) is 22.0 Å². The number of cyclic esters (lactones) is 1. The Labute approximate surface area is 173 Å². The van der Waals surface area contributed by atoms with Crippen LogP contribution in [0.3, 0.4) is 0 Å². The Kier molecular flexibility index (Phi) is 5.11. The topological polar surface area (TPSA) is 96.0 Å². The van der Waals surface area contributed by atoms with Crippen LogP contribution in [0.2, 0.25) is 0 Å². The molecule has 3 saturated heterocycles. The average Bonchev–Trinajstić information content (AvgIpc) is 3.00. The minimum atomic E-state index is -2.96. The molecule has 1 atom stereocenters. The molecule has 0 aromatic heterocycles. The van der Waals surface area contributed by atoms with Crippen molar-refractivity contribution in [2.24, 2.45) is 5.41 Å². The molecule has 164 valence electrons. The fraction of sp³-hybridized carbons (Fsp3) is 0.579. The largest absolute Gasteiger partial charge is 0.442 e. The Morgan fingerprint density at radius 3 is 2.37 bits per heavy atom. The number of amides is 2. The summed E-state index contributed by atoms with van der Waals surface area (Å²) in [6.07, 6.45) is -0.209. The first-order valence-corrected chi connectivity index (χ1v) is 11.6. The number of hydrogen-bond donors (Lipinski definition) is 1. The molecule has 1 N–H and O–H groups in total. The van der Waals surface area contributed by atoms with Crippen LogP contribution in [0, 0.1) is 17.0 Å². The Morgan fingerprint density at radius 1 is 1.23 bits per heavy atom. The number of benzene rings is 1. The van der Waals surface area contributed by atoms with Gasteiger partial charge in [0, 0.05) is 37.6 Å². The predicted octanol–water partition coefficient (Wildman–Crippen LogP) is 1.44. The van der Waals surface area contributed by atoms with E-state index in [1.54, 1.807) is 4.90 Å². The summed E-state index contributed by atoms with van der Waals surface area (Å²) in [5, 5.41) is 2.54. The molecule has 2 amide bonds. The van der Waals surface area contributed by atoms with Crippen molar-refractivity contribution in [2.45, 2.75) is 25.9 Å². The van der Waals surface area contributed by atoms with Crippen LogP contribution in [-0.2, 0) is 19.4 Å². The van der Waals surface area contributed by atoms with Gasteiger partial charge in [-0.15, -0.1) is 0 Å². The Morgan fingerprint density at radius 2 is 1.83 bits per heavy atom. The van der Waals surface area contributed by atoms with Crippen molar-refractivity contribution in [3.63, 3.8) is 0 Å². The van der Waals surface area contributed by atoms with Crippen molar-refractivity contribution in [1.29, 1.82) is 0 Å². The summed E-state index contributed by atoms with van der Waals surface area (Å²) < 4.78 is 57.8. The first-order valence-electron chi connectivity index (χ1n) is 9.75. The Balaban J connectivity index is 1.45. The van der Waals surface area contributed by atoms with Gasteiger partial charge in [0.05, 0.1) is 30.3 Å². The predicted molar refractivity (Wildman–Crippen MR) is 105 cm³/mol. The van der Waals surface area contributed by atoms with Crippen LogP contribution in [0.1, 0.15) is 19.8 Å². The second-order valence-electron chi connectivity index (χ2n) is 8.33. The van der Waals surface area contributed by atoms with Crippen molar-refractivity contribution in [1.82, 2.24) is 5.32 Å². The van der Waals surface area contributed by atoms with Crippen molar-refractivity contribution >= 4 is 33.2 Å². The molecule has 1 spiro atoms. The zero-order chi connectivity index (χ0) is 21.7. The number of ether oxygens (including phenoxy) is 1. The van der Waals surface area contributed by atoms with Gasteiger partial charge in [0.1, 0.15) is 11.8 Å². The molecule has 30 heavy (non-hydrogen) atoms. The lowest BCUT2D eigenvalue weighted by molar-refractivity contribution is -0.119. The van der Waals surface area contributed by atoms with Crippen LogP contribution in [0.25, 0.3) is 0 Å². The van der Waals surface area contributed by atoms with Crippen molar-refractivity contribution in [3.05, 3.63) is 23.8 Å². The lowest BCUT2D eigenvalue weighted by Crippen LogP contribution is -2.54. The van der Waals surface area contributed by atoms with Gasteiger partial charge in [0.15, 0.2) is 21.5 Å². The highest BCUT2D eigenvalue weighted by Gasteiger charge is 2.49. The highest BCUT2D eigenvalue weighted by molar-refractivity contribution is 7.92. The molecule has 8 nitrogen and oxygen atoms in total. The monoisotopic (exact) mass is 443 g/mol. The number of hydrogen-bond acceptors (Lipinski definition) is 6. The van der Waals surface area contributed by atoms with Crippen molar-refractivity contribution in [2.75, 3.05) is 47.5 Å². The van der Waals surface area contributed by atoms with Crippen LogP contribution in [-0.4, -0.2) is 64.2 Å². The van der Waals surface area contributed by atoms with Crippen molar-refractivity contribution in [3.8, 4) is 0 Å². The van der Waals surface area contributed by atoms with Gasteiger partial charge < -0.3 is 15.0 Å². The lowest BCUT2D eigenvalue weighted by atomic mass is 9.81. The first-order chi connectivity index (χ1) is 14.1. The number of piperidine rings is 1. The average molecular weight is 443 g/mol. The number of nitrogens with one attached hydrogen (secondary N) is 1. The molecule has 1 unspecified atom stereocenters. The summed E-state index contributed by atoms with van der Waals surface area (Å²) >= 11 is 0. The minimum Gasteiger partial charge on any atom is -0.442 e. The fourth-order valence-electron chi connectivity index (χ4n) is 4.49. The number of sulfone groups is 1. The lowest BCUT2D eigenvalue weighted by Gasteiger charge is -2.47. The van der Waals surface area contributed by atoms with E-state index in [0.29, 0.717) is 25.9 Å². The number of nitrogens with zero attached hydrogens (tertiary/aromatic N) is 2. The number of halogens is 2. The maximum atomic E-state index is 14.8. The molecule has 1 aromatic carbocycles. The Bertz CT molecular complexity index is 955. The van der Waals surface area contributed by atoms with Crippen LogP contribution in [0.5, 0.6) is 0 Å². The highest BCUT2D eigenvalue weighted by Crippen LogP contribution is 2.44. The second-order valence-corrected chi connectivity index (χ2v) is 10.4. The second kappa shape index (κ2) is 7.36. The van der Waals surface area contributed by atoms with Crippen LogP contribution >= 0.6 is 0 Å². The van der Waals surface area contributed by atoms with Gasteiger partial charge in [-0.2, -0.15) is 0 Å². The molecule has 11 heteroatoms. The quantitative estimate of drug-likeness (QED) is 0.757. The number of carbonyl (C=O) groups excluding carboxylic acids is 2. The molecular formula is C19H23F2N3O5S. The minimum absolute atomic E-state index is 0.0441. The normalized spacial score (nSPS) is 24.5. The number of rotatable bonds is 4. The van der Waals surface area contributed by atoms with Crippen LogP contribution < -0.4 is 15.1 Å². The standard InChI is InChI=1S/C19H23F2N3O5S/c1-12(25)22-8-14-9-24(18(26)29-14)13-6-15(20)17(16(21)7-13)23-4-2-19(3-5-23)10-30(27,28)11-19/h6-7,14H,2-5,8-11H2,1H3,(H,22,25). The Hall–Kier alpha value is -2.43. The zero-order valence-corrected chi connectivity index (χ0v) is 17.3. The van der Waals surface area contributed by atoms with E-state index in [9.17, 15) is 26.8 Å². The van der Waals surface area contributed by atoms with E-state index < -0.39 is 33.7 Å². The molecule has 3 heterocycles. The SMILES string of the molecule is CC(=O)NCC1CN(c2cc(F)c(N3CCC4(CC3)CS(=O)(=O)C4)c(F)c2)C(=O)O1. The van der Waals surface area contributed by atoms with Crippen LogP contribution in [0.4, 0.5) is 25.0 Å². The maximum absolute atomic E-state index is 14.8. The summed E-state index contributed by atoms with van der Waals surface area (Å²) in [7, 11) is -2.96. The number of anilines is 2. The molecule has 0 bridgehead atoms. The van der Waals surface area contributed by atoms with Gasteiger partial charge in [0.2, 0.25) is 5.91 Å². The van der Waals surface area contributed by atoms with Gasteiger partial charge >= 0.3 is 6.09 Å². The van der Waals surface area contributed by atoms with E-state index >= 15 is 0 Å². The van der Waals surface area contributed by atoms with E-state index in [4.69, 9.17) is 4.74 Å². The maximum Gasteiger partial charge on any atom is 0.414 e. The van der Waals surface area contributed by atoms with Gasteiger partial charge in [-0.05, 0) is 12.8 Å². The third-order valence-electron chi connectivity index (χ3n) is 5.96. The van der Waals surface area contributed by atoms with E-state index in [-0.39, 0.29) is 47.3 Å². The summed E-state index contributed by atoms with van der Waals surface area (Å²) in [6, 6.07) is 2.19. The van der Waals surface area contributed by atoms with Crippen LogP contribution in [0.15, 0.2) is 12.1 Å². The molecular weight excluding hydrogens is 420 g/mol. The third kappa shape index (κ3) is 3.94. The molecule has 3 aliphatic rings. The van der Waals surface area contributed by atoms with Gasteiger partial charge in [-0.3, -0.25) is 9.69 Å². The summed E-state index contributed by atoms with van der Waals surface area (Å²) in [6.45, 7) is 2.26. The van der Waals surface area contributed by atoms with E-state index in [1.807, 2.05) is 0 Å². The molecule has 0 saturated carbocycles. The van der Waals surface area contributed by atoms with E-state index in [2.05, 4.69) is 5.32 Å². The molecule has 4 rings (SSSR count). The molecule has 3 fully saturated rings. The summed E-state index contributed by atoms with van der Waals surface area (Å²) in [5.74, 6) is -1.56. The number of carbonyl (C=O) groups is 2. The first kappa shape index (κ1) is 20.8. The van der Waals surface area contributed by atoms with E-state index in [0.717, 1.165) is 17.0 Å². The fourth-order valence-corrected chi connectivity index (χ4v) is 6.85. The summed E-state index contributed by atoms with van der Waals surface area (Å²) in [4.78, 5) is 25.8. The molecule has 0 aliphatic carbocycles. The summed E-state index contributed by atoms with van der Waals surface area (Å²) in [5.41, 5.74) is -0.384. The molecule has 3 aliphatic heterocycles. The molecule has 1 aromatic rings. The highest BCUT2D eigenvalue weighted by atomic mass is 32.2. The van der Waals surface area contributed by atoms with Crippen molar-refractivity contribution < 1.29 is 31.5 Å². The zero-order valence-electron chi connectivity index (χ0n) is 16.5. The van der Waals surface area contributed by atoms with Gasteiger partial charge in [-0.1, -0.05) is 0 Å². The van der Waals surface area contributed by atoms with Gasteiger partial charge in [0.25, 0.3) is 0 Å². The smallest absolute Gasteiger partial charge is 0.414 e. The molecule has 0 radical (unpaired) electrons.